The fourth-order valence-electron chi connectivity index (χ4n) is 0.679. The molecule has 0 fully saturated rings. The Morgan fingerprint density at radius 3 is 2.55 bits per heavy atom. The largest absolute Gasteiger partial charge is 0.295 e. The van der Waals surface area contributed by atoms with Crippen molar-refractivity contribution in [3.05, 3.63) is 30.3 Å². The zero-order valence-corrected chi connectivity index (χ0v) is 7.21. The van der Waals surface area contributed by atoms with Crippen LogP contribution < -0.4 is 5.30 Å². The van der Waals surface area contributed by atoms with Crippen molar-refractivity contribution in [1.82, 2.24) is 0 Å². The molecule has 0 saturated carbocycles. The molecule has 0 amide bonds. The van der Waals surface area contributed by atoms with Crippen molar-refractivity contribution < 1.29 is 4.79 Å². The maximum atomic E-state index is 10.6. The van der Waals surface area contributed by atoms with Crippen LogP contribution in [-0.4, -0.2) is 11.6 Å². The van der Waals surface area contributed by atoms with Gasteiger partial charge < -0.3 is 0 Å². The van der Waals surface area contributed by atoms with Gasteiger partial charge in [-0.2, -0.15) is 0 Å². The summed E-state index contributed by atoms with van der Waals surface area (Å²) < 4.78 is 0. The highest BCUT2D eigenvalue weighted by atomic mass is 31.1. The van der Waals surface area contributed by atoms with Crippen molar-refractivity contribution >= 4 is 25.1 Å². The standard InChI is InChI=1S/C9H9OP/c1-8(10)7-11-9-5-3-2-4-6-9/h2-7H,1H3. The minimum absolute atomic E-state index is 0.121. The van der Waals surface area contributed by atoms with Crippen molar-refractivity contribution in [2.24, 2.45) is 0 Å². The number of carbonyl (C=O) groups excluding carboxylic acids is 1. The Hall–Kier alpha value is -0.940. The average molecular weight is 164 g/mol. The van der Waals surface area contributed by atoms with E-state index in [0.717, 1.165) is 13.5 Å². The van der Waals surface area contributed by atoms with Crippen LogP contribution in [-0.2, 0) is 4.79 Å². The molecule has 0 unspecified atom stereocenters. The first kappa shape index (κ1) is 8.16. The lowest BCUT2D eigenvalue weighted by atomic mass is 10.4. The fraction of sp³-hybridized carbons (Fsp3) is 0.111. The summed E-state index contributed by atoms with van der Waals surface area (Å²) in [4.78, 5) is 10.6. The molecule has 1 aromatic rings. The number of rotatable bonds is 2. The molecule has 0 aliphatic rings. The summed E-state index contributed by atoms with van der Waals surface area (Å²) in [6.45, 7) is 1.57. The lowest BCUT2D eigenvalue weighted by Gasteiger charge is -1.87. The summed E-state index contributed by atoms with van der Waals surface area (Å²) >= 11 is 0. The molecule has 0 aliphatic carbocycles. The van der Waals surface area contributed by atoms with E-state index in [2.05, 4.69) is 0 Å². The zero-order valence-electron chi connectivity index (χ0n) is 6.32. The van der Waals surface area contributed by atoms with Crippen LogP contribution >= 0.6 is 8.20 Å². The van der Waals surface area contributed by atoms with Crippen LogP contribution in [0.4, 0.5) is 0 Å². The van der Waals surface area contributed by atoms with Gasteiger partial charge in [-0.25, -0.2) is 0 Å². The molecule has 0 radical (unpaired) electrons. The number of ketones is 1. The van der Waals surface area contributed by atoms with Crippen LogP contribution in [0.5, 0.6) is 0 Å². The normalized spacial score (nSPS) is 10.3. The number of benzene rings is 1. The maximum Gasteiger partial charge on any atom is 0.157 e. The molecule has 2 heteroatoms. The van der Waals surface area contributed by atoms with E-state index in [9.17, 15) is 4.79 Å². The van der Waals surface area contributed by atoms with Gasteiger partial charge in [0.25, 0.3) is 0 Å². The summed E-state index contributed by atoms with van der Waals surface area (Å²) in [6, 6.07) is 9.90. The van der Waals surface area contributed by atoms with Crippen molar-refractivity contribution in [1.29, 1.82) is 0 Å². The average Bonchev–Trinajstić information content (AvgIpc) is 2.03. The molecule has 56 valence electrons. The van der Waals surface area contributed by atoms with Gasteiger partial charge in [-0.15, -0.1) is 0 Å². The van der Waals surface area contributed by atoms with Crippen molar-refractivity contribution in [2.75, 3.05) is 0 Å². The number of carbonyl (C=O) groups is 1. The third-order valence-electron chi connectivity index (χ3n) is 1.15. The molecule has 0 heterocycles. The monoisotopic (exact) mass is 164 g/mol. The first-order valence-corrected chi connectivity index (χ1v) is 4.35. The van der Waals surface area contributed by atoms with Gasteiger partial charge in [-0.1, -0.05) is 38.5 Å². The van der Waals surface area contributed by atoms with E-state index < -0.39 is 0 Å². The van der Waals surface area contributed by atoms with Gasteiger partial charge in [0.15, 0.2) is 5.78 Å². The Morgan fingerprint density at radius 2 is 2.00 bits per heavy atom. The number of Topliss-reactive ketones (excluding diaryl/α,β-unsaturated/α-hetero) is 1. The van der Waals surface area contributed by atoms with E-state index in [-0.39, 0.29) is 5.78 Å². The number of hydrogen-bond acceptors (Lipinski definition) is 1. The van der Waals surface area contributed by atoms with E-state index in [1.807, 2.05) is 30.3 Å². The maximum absolute atomic E-state index is 10.6. The van der Waals surface area contributed by atoms with Crippen molar-refractivity contribution in [3.63, 3.8) is 0 Å². The zero-order chi connectivity index (χ0) is 8.10. The predicted molar refractivity (Wildman–Crippen MR) is 49.7 cm³/mol. The molecule has 11 heavy (non-hydrogen) atoms. The quantitative estimate of drug-likeness (QED) is 0.607. The van der Waals surface area contributed by atoms with Gasteiger partial charge >= 0.3 is 0 Å². The highest BCUT2D eigenvalue weighted by Gasteiger charge is 1.84. The molecule has 0 aliphatic heterocycles. The Morgan fingerprint density at radius 1 is 1.36 bits per heavy atom. The Kier molecular flexibility index (Phi) is 3.00. The van der Waals surface area contributed by atoms with Crippen LogP contribution in [0.25, 0.3) is 0 Å². The SMILES string of the molecule is CC(=O)C=Pc1ccccc1. The highest BCUT2D eigenvalue weighted by Crippen LogP contribution is 1.95. The van der Waals surface area contributed by atoms with Crippen LogP contribution in [0.15, 0.2) is 30.3 Å². The topological polar surface area (TPSA) is 17.1 Å². The summed E-state index contributed by atoms with van der Waals surface area (Å²) in [5.74, 6) is 1.78. The van der Waals surface area contributed by atoms with Crippen LogP contribution in [0, 0.1) is 0 Å². The van der Waals surface area contributed by atoms with Gasteiger partial charge in [0.05, 0.1) is 0 Å². The molecule has 0 N–H and O–H groups in total. The van der Waals surface area contributed by atoms with Crippen LogP contribution in [0.2, 0.25) is 0 Å². The lowest BCUT2D eigenvalue weighted by molar-refractivity contribution is -0.110. The summed E-state index contributed by atoms with van der Waals surface area (Å²) in [7, 11) is 0.982. The number of hydrogen-bond donors (Lipinski definition) is 0. The molecule has 0 bridgehead atoms. The van der Waals surface area contributed by atoms with E-state index >= 15 is 0 Å². The third kappa shape index (κ3) is 3.10. The van der Waals surface area contributed by atoms with Crippen LogP contribution in [0.3, 0.4) is 0 Å². The van der Waals surface area contributed by atoms with E-state index in [0.29, 0.717) is 0 Å². The van der Waals surface area contributed by atoms with Crippen molar-refractivity contribution in [2.45, 2.75) is 6.92 Å². The third-order valence-corrected chi connectivity index (χ3v) is 2.24. The minimum Gasteiger partial charge on any atom is -0.295 e. The lowest BCUT2D eigenvalue weighted by Crippen LogP contribution is -1.92. The molecule has 0 atom stereocenters. The van der Waals surface area contributed by atoms with Gasteiger partial charge in [0.2, 0.25) is 0 Å². The highest BCUT2D eigenvalue weighted by molar-refractivity contribution is 7.49. The molecule has 0 spiro atoms. The molecular weight excluding hydrogens is 155 g/mol. The minimum atomic E-state index is 0.121. The van der Waals surface area contributed by atoms with Gasteiger partial charge in [0, 0.05) is 11.1 Å². The second-order valence-electron chi connectivity index (χ2n) is 2.20. The summed E-state index contributed by atoms with van der Waals surface area (Å²) in [5.41, 5.74) is 0. The van der Waals surface area contributed by atoms with Crippen LogP contribution in [0.1, 0.15) is 6.92 Å². The van der Waals surface area contributed by atoms with Gasteiger partial charge in [-0.05, 0) is 6.92 Å². The molecule has 1 nitrogen and oxygen atoms in total. The van der Waals surface area contributed by atoms with Gasteiger partial charge in [-0.3, -0.25) is 4.79 Å². The van der Waals surface area contributed by atoms with E-state index in [1.54, 1.807) is 12.7 Å². The summed E-state index contributed by atoms with van der Waals surface area (Å²) in [6.07, 6.45) is 0. The second kappa shape index (κ2) is 4.05. The molecule has 1 rings (SSSR count). The smallest absolute Gasteiger partial charge is 0.157 e. The first-order chi connectivity index (χ1) is 5.29. The first-order valence-electron chi connectivity index (χ1n) is 3.39. The molecule has 0 saturated heterocycles. The van der Waals surface area contributed by atoms with E-state index in [1.165, 1.54) is 0 Å². The fourth-order valence-corrected chi connectivity index (χ4v) is 1.35. The summed E-state index contributed by atoms with van der Waals surface area (Å²) in [5, 5.41) is 1.16. The molecular formula is C9H9OP. The van der Waals surface area contributed by atoms with Gasteiger partial charge in [0.1, 0.15) is 0 Å². The van der Waals surface area contributed by atoms with Crippen molar-refractivity contribution in [3.8, 4) is 0 Å². The predicted octanol–water partition coefficient (Wildman–Crippen LogP) is 1.65. The Labute approximate surface area is 67.9 Å². The Balaban J connectivity index is 2.72. The second-order valence-corrected chi connectivity index (χ2v) is 3.24. The molecule has 0 aromatic heterocycles. The Bertz CT molecular complexity index is 264. The molecule has 1 aromatic carbocycles. The van der Waals surface area contributed by atoms with E-state index in [4.69, 9.17) is 0 Å².